The number of ether oxygens (including phenoxy) is 1. The van der Waals surface area contributed by atoms with Crippen LogP contribution in [-0.4, -0.2) is 30.5 Å². The SMILES string of the molecule is COc1ccccc1-n1cc(S(=O)(=O)Nc2cc(-c3ccco3)no2)cn1. The highest BCUT2D eigenvalue weighted by Crippen LogP contribution is 2.25. The Morgan fingerprint density at radius 3 is 2.81 bits per heavy atom. The van der Waals surface area contributed by atoms with Crippen molar-refractivity contribution in [2.45, 2.75) is 4.90 Å². The molecule has 0 aliphatic carbocycles. The number of methoxy groups -OCH3 is 1. The van der Waals surface area contributed by atoms with Gasteiger partial charge in [0, 0.05) is 6.07 Å². The van der Waals surface area contributed by atoms with Gasteiger partial charge in [-0.05, 0) is 24.3 Å². The van der Waals surface area contributed by atoms with Gasteiger partial charge in [-0.3, -0.25) is 0 Å². The van der Waals surface area contributed by atoms with E-state index in [4.69, 9.17) is 13.7 Å². The van der Waals surface area contributed by atoms with Gasteiger partial charge in [-0.25, -0.2) is 17.8 Å². The van der Waals surface area contributed by atoms with Crippen LogP contribution >= 0.6 is 0 Å². The molecule has 10 heteroatoms. The molecule has 0 bridgehead atoms. The first-order chi connectivity index (χ1) is 13.1. The van der Waals surface area contributed by atoms with E-state index in [0.29, 0.717) is 22.9 Å². The predicted molar refractivity (Wildman–Crippen MR) is 95.1 cm³/mol. The Hall–Kier alpha value is -3.53. The minimum absolute atomic E-state index is 0.0357. The van der Waals surface area contributed by atoms with E-state index in [0.717, 1.165) is 0 Å². The van der Waals surface area contributed by atoms with Crippen molar-refractivity contribution in [3.63, 3.8) is 0 Å². The van der Waals surface area contributed by atoms with Crippen LogP contribution in [0.3, 0.4) is 0 Å². The number of para-hydroxylation sites is 2. The molecule has 0 fully saturated rings. The van der Waals surface area contributed by atoms with Crippen LogP contribution in [0.15, 0.2) is 75.0 Å². The first-order valence-corrected chi connectivity index (χ1v) is 9.26. The smallest absolute Gasteiger partial charge is 0.267 e. The van der Waals surface area contributed by atoms with Crippen molar-refractivity contribution in [1.82, 2.24) is 14.9 Å². The molecular formula is C17H14N4O5S. The van der Waals surface area contributed by atoms with E-state index >= 15 is 0 Å². The van der Waals surface area contributed by atoms with E-state index in [9.17, 15) is 8.42 Å². The zero-order valence-electron chi connectivity index (χ0n) is 14.1. The Morgan fingerprint density at radius 1 is 1.19 bits per heavy atom. The zero-order valence-corrected chi connectivity index (χ0v) is 14.9. The monoisotopic (exact) mass is 386 g/mol. The highest BCUT2D eigenvalue weighted by molar-refractivity contribution is 7.92. The molecule has 1 N–H and O–H groups in total. The highest BCUT2D eigenvalue weighted by Gasteiger charge is 2.21. The van der Waals surface area contributed by atoms with E-state index in [1.807, 2.05) is 6.07 Å². The van der Waals surface area contributed by atoms with Gasteiger partial charge < -0.3 is 13.7 Å². The summed E-state index contributed by atoms with van der Waals surface area (Å²) in [5.74, 6) is 0.996. The third-order valence-corrected chi connectivity index (χ3v) is 5.02. The summed E-state index contributed by atoms with van der Waals surface area (Å²) in [5, 5.41) is 7.88. The Labute approximate surface area is 154 Å². The molecule has 0 spiro atoms. The Bertz CT molecular complexity index is 1160. The van der Waals surface area contributed by atoms with Gasteiger partial charge in [0.2, 0.25) is 5.88 Å². The molecule has 0 radical (unpaired) electrons. The number of sulfonamides is 1. The van der Waals surface area contributed by atoms with Gasteiger partial charge in [0.25, 0.3) is 10.0 Å². The van der Waals surface area contributed by atoms with Crippen LogP contribution in [0.1, 0.15) is 0 Å². The Morgan fingerprint density at radius 2 is 2.04 bits per heavy atom. The average molecular weight is 386 g/mol. The summed E-state index contributed by atoms with van der Waals surface area (Å²) < 4.78 is 44.4. The lowest BCUT2D eigenvalue weighted by Gasteiger charge is -2.07. The van der Waals surface area contributed by atoms with Crippen molar-refractivity contribution in [2.75, 3.05) is 11.8 Å². The van der Waals surface area contributed by atoms with Crippen molar-refractivity contribution in [3.8, 4) is 22.9 Å². The van der Waals surface area contributed by atoms with Crippen LogP contribution in [0, 0.1) is 0 Å². The number of benzene rings is 1. The maximum Gasteiger partial charge on any atom is 0.267 e. The van der Waals surface area contributed by atoms with Gasteiger partial charge in [0.15, 0.2) is 11.5 Å². The van der Waals surface area contributed by atoms with Crippen LogP contribution in [0.4, 0.5) is 5.88 Å². The molecule has 0 aliphatic rings. The summed E-state index contributed by atoms with van der Waals surface area (Å²) in [6, 6.07) is 12.0. The molecule has 4 rings (SSSR count). The van der Waals surface area contributed by atoms with Gasteiger partial charge >= 0.3 is 0 Å². The Kier molecular flexibility index (Phi) is 4.16. The standard InChI is InChI=1S/C17H14N4O5S/c1-24-16-6-3-2-5-14(16)21-11-12(10-18-21)27(22,23)20-17-9-13(19-26-17)15-7-4-8-25-15/h2-11,20H,1H3. The second-order valence-electron chi connectivity index (χ2n) is 5.45. The molecule has 0 aliphatic heterocycles. The molecule has 0 saturated heterocycles. The second kappa shape index (κ2) is 6.65. The molecule has 0 amide bonds. The molecule has 3 heterocycles. The van der Waals surface area contributed by atoms with Gasteiger partial charge in [0.05, 0.1) is 25.8 Å². The van der Waals surface area contributed by atoms with E-state index in [-0.39, 0.29) is 10.8 Å². The quantitative estimate of drug-likeness (QED) is 0.542. The van der Waals surface area contributed by atoms with Gasteiger partial charge in [0.1, 0.15) is 16.3 Å². The molecule has 0 unspecified atom stereocenters. The number of rotatable bonds is 6. The molecule has 27 heavy (non-hydrogen) atoms. The molecule has 0 saturated carbocycles. The third-order valence-electron chi connectivity index (χ3n) is 3.72. The van der Waals surface area contributed by atoms with Crippen molar-refractivity contribution in [3.05, 3.63) is 61.1 Å². The number of nitrogens with one attached hydrogen (secondary N) is 1. The van der Waals surface area contributed by atoms with Crippen LogP contribution in [0.25, 0.3) is 17.1 Å². The van der Waals surface area contributed by atoms with Crippen LogP contribution in [0.5, 0.6) is 5.75 Å². The maximum absolute atomic E-state index is 12.6. The third kappa shape index (κ3) is 3.29. The first-order valence-electron chi connectivity index (χ1n) is 7.78. The number of hydrogen-bond donors (Lipinski definition) is 1. The lowest BCUT2D eigenvalue weighted by molar-refractivity contribution is 0.411. The summed E-state index contributed by atoms with van der Waals surface area (Å²) in [6.07, 6.45) is 4.10. The van der Waals surface area contributed by atoms with Crippen LogP contribution < -0.4 is 9.46 Å². The van der Waals surface area contributed by atoms with Gasteiger partial charge in [-0.15, -0.1) is 0 Å². The molecule has 9 nitrogen and oxygen atoms in total. The average Bonchev–Trinajstić information content (AvgIpc) is 3.41. The lowest BCUT2D eigenvalue weighted by atomic mass is 10.3. The fraction of sp³-hybridized carbons (Fsp3) is 0.0588. The number of furan rings is 1. The summed E-state index contributed by atoms with van der Waals surface area (Å²) in [4.78, 5) is -0.0376. The van der Waals surface area contributed by atoms with E-state index < -0.39 is 10.0 Å². The van der Waals surface area contributed by atoms with Gasteiger partial charge in [-0.2, -0.15) is 5.10 Å². The second-order valence-corrected chi connectivity index (χ2v) is 7.13. The van der Waals surface area contributed by atoms with Crippen molar-refractivity contribution >= 4 is 15.9 Å². The minimum Gasteiger partial charge on any atom is -0.494 e. The van der Waals surface area contributed by atoms with Crippen LogP contribution in [-0.2, 0) is 10.0 Å². The van der Waals surface area contributed by atoms with E-state index in [1.165, 1.54) is 36.5 Å². The van der Waals surface area contributed by atoms with Crippen LogP contribution in [0.2, 0.25) is 0 Å². The molecule has 138 valence electrons. The minimum atomic E-state index is -3.91. The molecule has 4 aromatic rings. The topological polar surface area (TPSA) is 112 Å². The summed E-state index contributed by atoms with van der Waals surface area (Å²) in [7, 11) is -2.38. The summed E-state index contributed by atoms with van der Waals surface area (Å²) in [6.45, 7) is 0. The number of aromatic nitrogens is 3. The Balaban J connectivity index is 1.59. The molecule has 1 aromatic carbocycles. The predicted octanol–water partition coefficient (Wildman–Crippen LogP) is 2.93. The van der Waals surface area contributed by atoms with Crippen molar-refractivity contribution in [1.29, 1.82) is 0 Å². The van der Waals surface area contributed by atoms with E-state index in [2.05, 4.69) is 15.0 Å². The van der Waals surface area contributed by atoms with Crippen molar-refractivity contribution < 1.29 is 22.1 Å². The number of hydrogen-bond acceptors (Lipinski definition) is 7. The zero-order chi connectivity index (χ0) is 18.9. The summed E-state index contributed by atoms with van der Waals surface area (Å²) in [5.41, 5.74) is 0.989. The summed E-state index contributed by atoms with van der Waals surface area (Å²) >= 11 is 0. The highest BCUT2D eigenvalue weighted by atomic mass is 32.2. The lowest BCUT2D eigenvalue weighted by Crippen LogP contribution is -2.11. The maximum atomic E-state index is 12.6. The van der Waals surface area contributed by atoms with E-state index in [1.54, 1.807) is 30.3 Å². The van der Waals surface area contributed by atoms with Crippen molar-refractivity contribution in [2.24, 2.45) is 0 Å². The fourth-order valence-corrected chi connectivity index (χ4v) is 3.35. The molecular weight excluding hydrogens is 372 g/mol. The van der Waals surface area contributed by atoms with Gasteiger partial charge in [-0.1, -0.05) is 17.3 Å². The normalized spacial score (nSPS) is 11.4. The molecule has 0 atom stereocenters. The fourth-order valence-electron chi connectivity index (χ4n) is 2.45. The molecule has 3 aromatic heterocycles. The number of anilines is 1. The largest absolute Gasteiger partial charge is 0.494 e. The number of nitrogens with zero attached hydrogens (tertiary/aromatic N) is 3. The first kappa shape index (κ1) is 16.9.